The second-order valence-corrected chi connectivity index (χ2v) is 4.77. The predicted octanol–water partition coefficient (Wildman–Crippen LogP) is 0.710. The van der Waals surface area contributed by atoms with Crippen LogP contribution in [0.1, 0.15) is 10.4 Å². The topological polar surface area (TPSA) is 107 Å². The Labute approximate surface area is 128 Å². The number of nitrogens with one attached hydrogen (secondary N) is 1. The summed E-state index contributed by atoms with van der Waals surface area (Å²) in [5, 5.41) is -0.0184. The number of ether oxygens (including phenoxy) is 1. The lowest BCUT2D eigenvalue weighted by Gasteiger charge is -2.09. The van der Waals surface area contributed by atoms with Crippen LogP contribution in [-0.4, -0.2) is 21.9 Å². The van der Waals surface area contributed by atoms with Crippen LogP contribution in [0, 0.1) is 5.82 Å². The standard InChI is InChI=1S/C13H11ClFN3O4/c1-18-11(16)10(12(20)17-13(18)21)8(19)5-22-9-3-2-6(15)4-7(9)14/h2-4H,5,16H2,1H3,(H,17,20,21). The first-order valence-electron chi connectivity index (χ1n) is 6.01. The van der Waals surface area contributed by atoms with Gasteiger partial charge in [0.15, 0.2) is 6.61 Å². The molecule has 116 valence electrons. The molecule has 0 bridgehead atoms. The number of nitrogens with two attached hydrogens (primary N) is 1. The number of nitrogen functional groups attached to an aromatic ring is 1. The van der Waals surface area contributed by atoms with E-state index in [9.17, 15) is 18.8 Å². The Morgan fingerprint density at radius 1 is 1.45 bits per heavy atom. The molecule has 1 heterocycles. The zero-order chi connectivity index (χ0) is 16.4. The van der Waals surface area contributed by atoms with E-state index in [4.69, 9.17) is 22.1 Å². The molecule has 0 aliphatic heterocycles. The highest BCUT2D eigenvalue weighted by Gasteiger charge is 2.19. The van der Waals surface area contributed by atoms with Gasteiger partial charge in [0.25, 0.3) is 5.56 Å². The molecule has 0 saturated carbocycles. The average molecular weight is 328 g/mol. The number of aromatic nitrogens is 2. The summed E-state index contributed by atoms with van der Waals surface area (Å²) in [6.45, 7) is -0.545. The van der Waals surface area contributed by atoms with Crippen LogP contribution in [0.2, 0.25) is 5.02 Å². The molecule has 0 saturated heterocycles. The Morgan fingerprint density at radius 3 is 2.77 bits per heavy atom. The molecule has 0 atom stereocenters. The zero-order valence-electron chi connectivity index (χ0n) is 11.4. The number of carbonyl (C=O) groups excluding carboxylic acids is 1. The van der Waals surface area contributed by atoms with Gasteiger partial charge in [-0.05, 0) is 18.2 Å². The molecule has 22 heavy (non-hydrogen) atoms. The van der Waals surface area contributed by atoms with E-state index in [-0.39, 0.29) is 22.2 Å². The lowest BCUT2D eigenvalue weighted by Crippen LogP contribution is -2.36. The number of rotatable bonds is 4. The van der Waals surface area contributed by atoms with Crippen LogP contribution in [0.15, 0.2) is 27.8 Å². The zero-order valence-corrected chi connectivity index (χ0v) is 12.1. The predicted molar refractivity (Wildman–Crippen MR) is 78.0 cm³/mol. The van der Waals surface area contributed by atoms with Gasteiger partial charge in [0.1, 0.15) is 22.9 Å². The maximum Gasteiger partial charge on any atom is 0.329 e. The van der Waals surface area contributed by atoms with E-state index < -0.39 is 29.5 Å². The minimum Gasteiger partial charge on any atom is -0.484 e. The van der Waals surface area contributed by atoms with Gasteiger partial charge >= 0.3 is 5.69 Å². The molecule has 0 spiro atoms. The van der Waals surface area contributed by atoms with Gasteiger partial charge in [-0.3, -0.25) is 19.1 Å². The van der Waals surface area contributed by atoms with Crippen LogP contribution >= 0.6 is 11.6 Å². The first-order chi connectivity index (χ1) is 10.3. The maximum atomic E-state index is 12.9. The number of ketones is 1. The SMILES string of the molecule is Cn1c(N)c(C(=O)COc2ccc(F)cc2Cl)c(=O)[nH]c1=O. The lowest BCUT2D eigenvalue weighted by atomic mass is 10.2. The van der Waals surface area contributed by atoms with Crippen LogP contribution in [0.25, 0.3) is 0 Å². The quantitative estimate of drug-likeness (QED) is 0.804. The number of hydrogen-bond donors (Lipinski definition) is 2. The van der Waals surface area contributed by atoms with Gasteiger partial charge in [-0.25, -0.2) is 9.18 Å². The maximum absolute atomic E-state index is 12.9. The normalized spacial score (nSPS) is 10.5. The van der Waals surface area contributed by atoms with E-state index >= 15 is 0 Å². The van der Waals surface area contributed by atoms with Crippen molar-refractivity contribution in [2.45, 2.75) is 0 Å². The minimum absolute atomic E-state index is 0.0184. The summed E-state index contributed by atoms with van der Waals surface area (Å²) in [7, 11) is 1.31. The van der Waals surface area contributed by atoms with Crippen molar-refractivity contribution < 1.29 is 13.9 Å². The molecule has 0 radical (unpaired) electrons. The fraction of sp³-hybridized carbons (Fsp3) is 0.154. The first-order valence-corrected chi connectivity index (χ1v) is 6.39. The van der Waals surface area contributed by atoms with Crippen LogP contribution in [0.5, 0.6) is 5.75 Å². The third-order valence-corrected chi connectivity index (χ3v) is 3.20. The number of H-pyrrole nitrogens is 1. The number of carbonyl (C=O) groups is 1. The van der Waals surface area contributed by atoms with Crippen LogP contribution in [-0.2, 0) is 7.05 Å². The molecule has 9 heteroatoms. The van der Waals surface area contributed by atoms with E-state index in [0.29, 0.717) is 0 Å². The van der Waals surface area contributed by atoms with Crippen LogP contribution in [0.3, 0.4) is 0 Å². The number of benzene rings is 1. The van der Waals surface area contributed by atoms with E-state index in [1.807, 2.05) is 4.98 Å². The highest BCUT2D eigenvalue weighted by atomic mass is 35.5. The lowest BCUT2D eigenvalue weighted by molar-refractivity contribution is 0.0920. The molecule has 0 aliphatic rings. The Hall–Kier alpha value is -2.61. The second-order valence-electron chi connectivity index (χ2n) is 4.37. The van der Waals surface area contributed by atoms with Crippen molar-refractivity contribution in [3.05, 3.63) is 55.4 Å². The highest BCUT2D eigenvalue weighted by Crippen LogP contribution is 2.24. The molecule has 1 aromatic heterocycles. The first kappa shape index (κ1) is 15.8. The molecule has 1 aromatic carbocycles. The fourth-order valence-corrected chi connectivity index (χ4v) is 1.94. The molecule has 0 unspecified atom stereocenters. The Kier molecular flexibility index (Phi) is 4.32. The average Bonchev–Trinajstić information content (AvgIpc) is 2.44. The summed E-state index contributed by atoms with van der Waals surface area (Å²) in [5.74, 6) is -1.49. The summed E-state index contributed by atoms with van der Waals surface area (Å²) in [4.78, 5) is 37.0. The van der Waals surface area contributed by atoms with Crippen LogP contribution in [0.4, 0.5) is 10.2 Å². The van der Waals surface area contributed by atoms with Gasteiger partial charge in [0, 0.05) is 7.05 Å². The Bertz CT molecular complexity index is 859. The van der Waals surface area contributed by atoms with Crippen molar-refractivity contribution in [2.24, 2.45) is 7.05 Å². The van der Waals surface area contributed by atoms with Crippen molar-refractivity contribution in [3.8, 4) is 5.75 Å². The van der Waals surface area contributed by atoms with E-state index in [1.165, 1.54) is 13.1 Å². The van der Waals surface area contributed by atoms with Crippen molar-refractivity contribution in [1.82, 2.24) is 9.55 Å². The van der Waals surface area contributed by atoms with Gasteiger partial charge < -0.3 is 10.5 Å². The molecular formula is C13H11ClFN3O4. The Morgan fingerprint density at radius 2 is 2.14 bits per heavy atom. The van der Waals surface area contributed by atoms with Gasteiger partial charge in [0.2, 0.25) is 5.78 Å². The van der Waals surface area contributed by atoms with Crippen molar-refractivity contribution in [1.29, 1.82) is 0 Å². The molecule has 2 rings (SSSR count). The number of Topliss-reactive ketones (excluding diaryl/α,β-unsaturated/α-hetero) is 1. The number of nitrogens with zero attached hydrogens (tertiary/aromatic N) is 1. The van der Waals surface area contributed by atoms with Gasteiger partial charge in [-0.15, -0.1) is 0 Å². The monoisotopic (exact) mass is 327 g/mol. The number of halogens is 2. The summed E-state index contributed by atoms with van der Waals surface area (Å²) in [5.41, 5.74) is 3.57. The van der Waals surface area contributed by atoms with E-state index in [0.717, 1.165) is 16.7 Å². The second kappa shape index (κ2) is 6.02. The van der Waals surface area contributed by atoms with Gasteiger partial charge in [0.05, 0.1) is 5.02 Å². The molecule has 7 nitrogen and oxygen atoms in total. The van der Waals surface area contributed by atoms with Gasteiger partial charge in [-0.1, -0.05) is 11.6 Å². The molecule has 0 aliphatic carbocycles. The van der Waals surface area contributed by atoms with E-state index in [2.05, 4.69) is 0 Å². The molecule has 2 aromatic rings. The summed E-state index contributed by atoms with van der Waals surface area (Å²) in [6, 6.07) is 3.38. The van der Waals surface area contributed by atoms with Crippen LogP contribution < -0.4 is 21.7 Å². The van der Waals surface area contributed by atoms with E-state index in [1.54, 1.807) is 0 Å². The minimum atomic E-state index is -0.903. The largest absolute Gasteiger partial charge is 0.484 e. The van der Waals surface area contributed by atoms with Crippen molar-refractivity contribution in [3.63, 3.8) is 0 Å². The number of hydrogen-bond acceptors (Lipinski definition) is 5. The third kappa shape index (κ3) is 3.01. The number of aromatic amines is 1. The smallest absolute Gasteiger partial charge is 0.329 e. The molecule has 3 N–H and O–H groups in total. The Balaban J connectivity index is 2.25. The van der Waals surface area contributed by atoms with Gasteiger partial charge in [-0.2, -0.15) is 0 Å². The molecule has 0 amide bonds. The van der Waals surface area contributed by atoms with Crippen molar-refractivity contribution in [2.75, 3.05) is 12.3 Å². The number of anilines is 1. The fourth-order valence-electron chi connectivity index (χ4n) is 1.71. The summed E-state index contributed by atoms with van der Waals surface area (Å²) < 4.78 is 19.0. The van der Waals surface area contributed by atoms with Crippen molar-refractivity contribution >= 4 is 23.2 Å². The highest BCUT2D eigenvalue weighted by molar-refractivity contribution is 6.32. The molecule has 0 fully saturated rings. The summed E-state index contributed by atoms with van der Waals surface area (Å²) >= 11 is 5.75. The summed E-state index contributed by atoms with van der Waals surface area (Å²) in [6.07, 6.45) is 0. The third-order valence-electron chi connectivity index (χ3n) is 2.90. The molecular weight excluding hydrogens is 317 g/mol.